The number of nitriles is 1. The lowest BCUT2D eigenvalue weighted by atomic mass is 9.98. The third-order valence-electron chi connectivity index (χ3n) is 2.76. The zero-order valence-electron chi connectivity index (χ0n) is 10.1. The summed E-state index contributed by atoms with van der Waals surface area (Å²) in [6, 6.07) is 7.05. The molecule has 0 aliphatic heterocycles. The summed E-state index contributed by atoms with van der Waals surface area (Å²) >= 11 is 12.1. The Labute approximate surface area is 121 Å². The zero-order valence-corrected chi connectivity index (χ0v) is 11.6. The lowest BCUT2D eigenvalue weighted by Gasteiger charge is -2.13. The van der Waals surface area contributed by atoms with E-state index in [9.17, 15) is 5.11 Å². The highest BCUT2D eigenvalue weighted by atomic mass is 35.5. The molecule has 5 heteroatoms. The minimum absolute atomic E-state index is 0.358. The maximum atomic E-state index is 9.82. The Morgan fingerprint density at radius 2 is 2.00 bits per heavy atom. The largest absolute Gasteiger partial charge is 0.389 e. The summed E-state index contributed by atoms with van der Waals surface area (Å²) in [4.78, 5) is 4.02. The van der Waals surface area contributed by atoms with E-state index >= 15 is 0 Å². The van der Waals surface area contributed by atoms with Crippen LogP contribution < -0.4 is 0 Å². The normalized spacial score (nSPS) is 11.9. The van der Waals surface area contributed by atoms with Gasteiger partial charge in [0.25, 0.3) is 0 Å². The van der Waals surface area contributed by atoms with Gasteiger partial charge >= 0.3 is 0 Å². The van der Waals surface area contributed by atoms with Crippen LogP contribution in [0.5, 0.6) is 0 Å². The van der Waals surface area contributed by atoms with Gasteiger partial charge in [-0.1, -0.05) is 29.3 Å². The van der Waals surface area contributed by atoms with Crippen molar-refractivity contribution >= 4 is 23.2 Å². The summed E-state index contributed by atoms with van der Waals surface area (Å²) in [5.74, 6) is 0. The molecule has 0 saturated carbocycles. The molecule has 1 atom stereocenters. The molecule has 0 unspecified atom stereocenters. The van der Waals surface area contributed by atoms with Gasteiger partial charge in [0.2, 0.25) is 0 Å². The molecule has 0 fully saturated rings. The van der Waals surface area contributed by atoms with Crippen LogP contribution in [0.1, 0.15) is 24.2 Å². The number of aromatic nitrogens is 1. The lowest BCUT2D eigenvalue weighted by molar-refractivity contribution is 0.200. The molecule has 1 aromatic carbocycles. The van der Waals surface area contributed by atoms with Crippen molar-refractivity contribution in [1.29, 1.82) is 5.26 Å². The second-order valence-electron chi connectivity index (χ2n) is 4.06. The van der Waals surface area contributed by atoms with Gasteiger partial charge in [0, 0.05) is 23.5 Å². The number of hydrogen-bond acceptors (Lipinski definition) is 3. The van der Waals surface area contributed by atoms with Gasteiger partial charge in [0.1, 0.15) is 6.07 Å². The molecule has 1 heterocycles. The fourth-order valence-electron chi connectivity index (χ4n) is 1.87. The molecule has 0 radical (unpaired) electrons. The fourth-order valence-corrected chi connectivity index (χ4v) is 2.41. The highest BCUT2D eigenvalue weighted by molar-refractivity contribution is 6.32. The van der Waals surface area contributed by atoms with Crippen LogP contribution in [0.2, 0.25) is 10.0 Å². The molecule has 1 aromatic heterocycles. The van der Waals surface area contributed by atoms with E-state index in [1.807, 2.05) is 6.07 Å². The first-order chi connectivity index (χ1) is 9.04. The molecule has 0 amide bonds. The van der Waals surface area contributed by atoms with Crippen LogP contribution in [-0.2, 0) is 0 Å². The number of hydrogen-bond donors (Lipinski definition) is 1. The Morgan fingerprint density at radius 1 is 1.26 bits per heavy atom. The second-order valence-corrected chi connectivity index (χ2v) is 4.88. The average molecular weight is 293 g/mol. The van der Waals surface area contributed by atoms with Gasteiger partial charge in [-0.15, -0.1) is 0 Å². The van der Waals surface area contributed by atoms with Crippen molar-refractivity contribution in [2.24, 2.45) is 0 Å². The third-order valence-corrected chi connectivity index (χ3v) is 3.37. The Hall–Kier alpha value is -1.60. The van der Waals surface area contributed by atoms with Crippen LogP contribution in [0.25, 0.3) is 11.1 Å². The minimum atomic E-state index is -0.722. The van der Waals surface area contributed by atoms with Gasteiger partial charge in [0.05, 0.1) is 21.7 Å². The monoisotopic (exact) mass is 292 g/mol. The summed E-state index contributed by atoms with van der Waals surface area (Å²) in [6.07, 6.45) is 2.38. The van der Waals surface area contributed by atoms with Crippen molar-refractivity contribution in [2.45, 2.75) is 13.0 Å². The molecule has 3 nitrogen and oxygen atoms in total. The number of aliphatic hydroxyl groups excluding tert-OH is 1. The summed E-state index contributed by atoms with van der Waals surface area (Å²) < 4.78 is 0. The molecule has 0 spiro atoms. The number of aliphatic hydroxyl groups is 1. The van der Waals surface area contributed by atoms with E-state index in [0.29, 0.717) is 26.7 Å². The predicted octanol–water partition coefficient (Wildman–Crippen LogP) is 3.98. The molecule has 0 bridgehead atoms. The SMILES string of the molecule is C[C@@H](O)c1c(Cl)cncc1-c1ccc(C#N)c(Cl)c1. The average Bonchev–Trinajstić information content (AvgIpc) is 2.37. The number of pyridine rings is 1. The van der Waals surface area contributed by atoms with Crippen molar-refractivity contribution < 1.29 is 5.11 Å². The van der Waals surface area contributed by atoms with E-state index in [1.54, 1.807) is 31.3 Å². The fraction of sp³-hybridized carbons (Fsp3) is 0.143. The highest BCUT2D eigenvalue weighted by Crippen LogP contribution is 2.34. The summed E-state index contributed by atoms with van der Waals surface area (Å²) in [5.41, 5.74) is 2.46. The van der Waals surface area contributed by atoms with E-state index in [0.717, 1.165) is 5.56 Å². The van der Waals surface area contributed by atoms with E-state index in [2.05, 4.69) is 4.98 Å². The van der Waals surface area contributed by atoms with Gasteiger partial charge < -0.3 is 5.11 Å². The van der Waals surface area contributed by atoms with Crippen molar-refractivity contribution in [2.75, 3.05) is 0 Å². The third kappa shape index (κ3) is 2.71. The maximum Gasteiger partial charge on any atom is 0.101 e. The molecule has 19 heavy (non-hydrogen) atoms. The Kier molecular flexibility index (Phi) is 4.06. The van der Waals surface area contributed by atoms with E-state index in [4.69, 9.17) is 28.5 Å². The minimum Gasteiger partial charge on any atom is -0.389 e. The van der Waals surface area contributed by atoms with Crippen LogP contribution in [0, 0.1) is 11.3 Å². The molecule has 2 rings (SSSR count). The molecule has 96 valence electrons. The van der Waals surface area contributed by atoms with Crippen molar-refractivity contribution in [1.82, 2.24) is 4.98 Å². The van der Waals surface area contributed by atoms with Crippen molar-refractivity contribution in [3.8, 4) is 17.2 Å². The summed E-state index contributed by atoms with van der Waals surface area (Å²) in [6.45, 7) is 1.63. The zero-order chi connectivity index (χ0) is 14.0. The summed E-state index contributed by atoms with van der Waals surface area (Å²) in [7, 11) is 0. The Morgan fingerprint density at radius 3 is 2.58 bits per heavy atom. The smallest absolute Gasteiger partial charge is 0.101 e. The molecule has 0 aliphatic carbocycles. The number of halogens is 2. The van der Waals surface area contributed by atoms with Crippen LogP contribution in [0.15, 0.2) is 30.6 Å². The molecular formula is C14H10Cl2N2O. The van der Waals surface area contributed by atoms with E-state index in [-0.39, 0.29) is 0 Å². The summed E-state index contributed by atoms with van der Waals surface area (Å²) in [5, 5.41) is 19.4. The van der Waals surface area contributed by atoms with E-state index in [1.165, 1.54) is 6.20 Å². The quantitative estimate of drug-likeness (QED) is 0.911. The first-order valence-corrected chi connectivity index (χ1v) is 6.31. The number of nitrogens with zero attached hydrogens (tertiary/aromatic N) is 2. The number of benzene rings is 1. The van der Waals surface area contributed by atoms with Crippen LogP contribution in [-0.4, -0.2) is 10.1 Å². The van der Waals surface area contributed by atoms with Crippen molar-refractivity contribution in [3.63, 3.8) is 0 Å². The molecule has 0 aliphatic rings. The van der Waals surface area contributed by atoms with Gasteiger partial charge in [-0.25, -0.2) is 0 Å². The van der Waals surface area contributed by atoms with Crippen molar-refractivity contribution in [3.05, 3.63) is 51.8 Å². The topological polar surface area (TPSA) is 56.9 Å². The lowest BCUT2D eigenvalue weighted by Crippen LogP contribution is -1.98. The van der Waals surface area contributed by atoms with Crippen LogP contribution >= 0.6 is 23.2 Å². The molecule has 0 saturated heterocycles. The van der Waals surface area contributed by atoms with Gasteiger partial charge in [-0.2, -0.15) is 5.26 Å². The van der Waals surface area contributed by atoms with Gasteiger partial charge in [0.15, 0.2) is 0 Å². The molecule has 2 aromatic rings. The Bertz CT molecular complexity index is 663. The van der Waals surface area contributed by atoms with Crippen LogP contribution in [0.4, 0.5) is 0 Å². The van der Waals surface area contributed by atoms with Gasteiger partial charge in [-0.3, -0.25) is 4.98 Å². The first kappa shape index (κ1) is 13.8. The second kappa shape index (κ2) is 5.58. The maximum absolute atomic E-state index is 9.82. The number of rotatable bonds is 2. The molecule has 1 N–H and O–H groups in total. The standard InChI is InChI=1S/C14H10Cl2N2O/c1-8(19)14-11(6-18-7-13(14)16)9-2-3-10(5-17)12(15)4-9/h2-4,6-8,19H,1H3/t8-/m1/s1. The first-order valence-electron chi connectivity index (χ1n) is 5.56. The van der Waals surface area contributed by atoms with E-state index < -0.39 is 6.10 Å². The van der Waals surface area contributed by atoms with Gasteiger partial charge in [-0.05, 0) is 24.6 Å². The highest BCUT2D eigenvalue weighted by Gasteiger charge is 2.15. The van der Waals surface area contributed by atoms with Crippen LogP contribution in [0.3, 0.4) is 0 Å². The predicted molar refractivity (Wildman–Crippen MR) is 75.0 cm³/mol. The Balaban J connectivity index is 2.63. The molecular weight excluding hydrogens is 283 g/mol.